The lowest BCUT2D eigenvalue weighted by atomic mass is 9.95. The SMILES string of the molecule is CCC(C)C(=O)c1ccc(-c2ccc(OC)cc2)cc1. The summed E-state index contributed by atoms with van der Waals surface area (Å²) in [6.07, 6.45) is 0.874. The molecule has 20 heavy (non-hydrogen) atoms. The number of ketones is 1. The Morgan fingerprint density at radius 3 is 1.95 bits per heavy atom. The summed E-state index contributed by atoms with van der Waals surface area (Å²) in [4.78, 5) is 12.1. The Bertz CT molecular complexity index is 567. The summed E-state index contributed by atoms with van der Waals surface area (Å²) in [5.41, 5.74) is 3.01. The van der Waals surface area contributed by atoms with Gasteiger partial charge in [0, 0.05) is 11.5 Å². The van der Waals surface area contributed by atoms with E-state index < -0.39 is 0 Å². The van der Waals surface area contributed by atoms with Gasteiger partial charge in [0.2, 0.25) is 0 Å². The van der Waals surface area contributed by atoms with Gasteiger partial charge in [-0.2, -0.15) is 0 Å². The van der Waals surface area contributed by atoms with Crippen LogP contribution in [-0.2, 0) is 0 Å². The third kappa shape index (κ3) is 3.08. The molecular weight excluding hydrogens is 248 g/mol. The third-order valence-electron chi connectivity index (χ3n) is 3.65. The van der Waals surface area contributed by atoms with Gasteiger partial charge in [-0.05, 0) is 29.7 Å². The average Bonchev–Trinajstić information content (AvgIpc) is 2.53. The molecule has 2 rings (SSSR count). The molecule has 0 aliphatic heterocycles. The average molecular weight is 268 g/mol. The van der Waals surface area contributed by atoms with Crippen molar-refractivity contribution in [2.24, 2.45) is 5.92 Å². The fourth-order valence-electron chi connectivity index (χ4n) is 2.08. The fraction of sp³-hybridized carbons (Fsp3) is 0.278. The first-order valence-electron chi connectivity index (χ1n) is 6.94. The normalized spacial score (nSPS) is 11.9. The van der Waals surface area contributed by atoms with Gasteiger partial charge in [-0.25, -0.2) is 0 Å². The standard InChI is InChI=1S/C18H20O2/c1-4-13(2)18(19)16-7-5-14(6-8-16)15-9-11-17(20-3)12-10-15/h5-13H,4H2,1-3H3. The van der Waals surface area contributed by atoms with Gasteiger partial charge >= 0.3 is 0 Å². The second-order valence-corrected chi connectivity index (χ2v) is 4.98. The van der Waals surface area contributed by atoms with Crippen molar-refractivity contribution in [2.45, 2.75) is 20.3 Å². The molecule has 0 aliphatic carbocycles. The highest BCUT2D eigenvalue weighted by Crippen LogP contribution is 2.23. The highest BCUT2D eigenvalue weighted by molar-refractivity contribution is 5.98. The lowest BCUT2D eigenvalue weighted by Gasteiger charge is -2.08. The molecule has 0 heterocycles. The first-order valence-corrected chi connectivity index (χ1v) is 6.94. The van der Waals surface area contributed by atoms with Gasteiger partial charge < -0.3 is 4.74 Å². The van der Waals surface area contributed by atoms with Gasteiger partial charge in [-0.3, -0.25) is 4.79 Å². The van der Waals surface area contributed by atoms with Crippen molar-refractivity contribution >= 4 is 5.78 Å². The van der Waals surface area contributed by atoms with Crippen LogP contribution < -0.4 is 4.74 Å². The number of carbonyl (C=O) groups excluding carboxylic acids is 1. The number of carbonyl (C=O) groups is 1. The highest BCUT2D eigenvalue weighted by atomic mass is 16.5. The van der Waals surface area contributed by atoms with E-state index in [1.54, 1.807) is 7.11 Å². The van der Waals surface area contributed by atoms with Crippen molar-refractivity contribution in [1.82, 2.24) is 0 Å². The molecule has 1 atom stereocenters. The minimum Gasteiger partial charge on any atom is -0.497 e. The second kappa shape index (κ2) is 6.38. The molecular formula is C18H20O2. The van der Waals surface area contributed by atoms with Crippen molar-refractivity contribution in [2.75, 3.05) is 7.11 Å². The molecule has 0 aromatic heterocycles. The number of ether oxygens (including phenoxy) is 1. The van der Waals surface area contributed by atoms with Crippen LogP contribution in [0.15, 0.2) is 48.5 Å². The van der Waals surface area contributed by atoms with Crippen LogP contribution in [0.1, 0.15) is 30.6 Å². The Kier molecular flexibility index (Phi) is 4.57. The smallest absolute Gasteiger partial charge is 0.165 e. The Hall–Kier alpha value is -2.09. The summed E-state index contributed by atoms with van der Waals surface area (Å²) in [5, 5.41) is 0. The van der Waals surface area contributed by atoms with E-state index in [9.17, 15) is 4.79 Å². The number of hydrogen-bond donors (Lipinski definition) is 0. The number of rotatable bonds is 5. The molecule has 0 N–H and O–H groups in total. The van der Waals surface area contributed by atoms with Crippen LogP contribution in [0, 0.1) is 5.92 Å². The number of benzene rings is 2. The summed E-state index contributed by atoms with van der Waals surface area (Å²) in [6.45, 7) is 4.01. The summed E-state index contributed by atoms with van der Waals surface area (Å²) < 4.78 is 5.15. The van der Waals surface area contributed by atoms with E-state index in [0.717, 1.165) is 28.9 Å². The van der Waals surface area contributed by atoms with E-state index >= 15 is 0 Å². The molecule has 0 saturated heterocycles. The van der Waals surface area contributed by atoms with E-state index in [4.69, 9.17) is 4.74 Å². The van der Waals surface area contributed by atoms with Crippen molar-refractivity contribution in [3.63, 3.8) is 0 Å². The molecule has 2 nitrogen and oxygen atoms in total. The fourth-order valence-corrected chi connectivity index (χ4v) is 2.08. The first-order chi connectivity index (χ1) is 9.65. The van der Waals surface area contributed by atoms with Crippen LogP contribution in [0.5, 0.6) is 5.75 Å². The minimum atomic E-state index is 0.0850. The van der Waals surface area contributed by atoms with Gasteiger partial charge in [0.15, 0.2) is 5.78 Å². The van der Waals surface area contributed by atoms with E-state index in [1.807, 2.05) is 62.4 Å². The lowest BCUT2D eigenvalue weighted by molar-refractivity contribution is 0.0927. The molecule has 2 heteroatoms. The lowest BCUT2D eigenvalue weighted by Crippen LogP contribution is -2.09. The molecule has 0 spiro atoms. The zero-order chi connectivity index (χ0) is 14.5. The largest absolute Gasteiger partial charge is 0.497 e. The third-order valence-corrected chi connectivity index (χ3v) is 3.65. The van der Waals surface area contributed by atoms with Gasteiger partial charge in [-0.1, -0.05) is 50.2 Å². The maximum atomic E-state index is 12.1. The Balaban J connectivity index is 2.21. The first kappa shape index (κ1) is 14.3. The monoisotopic (exact) mass is 268 g/mol. The molecule has 2 aromatic carbocycles. The van der Waals surface area contributed by atoms with Crippen LogP contribution in [0.4, 0.5) is 0 Å². The predicted octanol–water partition coefficient (Wildman–Crippen LogP) is 4.59. The molecule has 0 fully saturated rings. The molecule has 0 saturated carbocycles. The predicted molar refractivity (Wildman–Crippen MR) is 82.2 cm³/mol. The number of methoxy groups -OCH3 is 1. The topological polar surface area (TPSA) is 26.3 Å². The van der Waals surface area contributed by atoms with Crippen LogP contribution >= 0.6 is 0 Å². The van der Waals surface area contributed by atoms with Gasteiger partial charge in [0.05, 0.1) is 7.11 Å². The van der Waals surface area contributed by atoms with Gasteiger partial charge in [-0.15, -0.1) is 0 Å². The molecule has 0 aliphatic rings. The zero-order valence-electron chi connectivity index (χ0n) is 12.2. The quantitative estimate of drug-likeness (QED) is 0.741. The number of Topliss-reactive ketones (excluding diaryl/α,β-unsaturated/α-hetero) is 1. The van der Waals surface area contributed by atoms with Gasteiger partial charge in [0.25, 0.3) is 0 Å². The molecule has 0 amide bonds. The summed E-state index contributed by atoms with van der Waals surface area (Å²) in [6, 6.07) is 15.7. The number of hydrogen-bond acceptors (Lipinski definition) is 2. The van der Waals surface area contributed by atoms with Crippen LogP contribution in [0.3, 0.4) is 0 Å². The van der Waals surface area contributed by atoms with Crippen LogP contribution in [0.2, 0.25) is 0 Å². The van der Waals surface area contributed by atoms with Crippen molar-refractivity contribution in [3.05, 3.63) is 54.1 Å². The molecule has 104 valence electrons. The van der Waals surface area contributed by atoms with E-state index in [2.05, 4.69) is 0 Å². The van der Waals surface area contributed by atoms with Crippen molar-refractivity contribution in [3.8, 4) is 16.9 Å². The summed E-state index contributed by atoms with van der Waals surface area (Å²) in [7, 11) is 1.66. The molecule has 0 radical (unpaired) electrons. The molecule has 2 aromatic rings. The van der Waals surface area contributed by atoms with E-state index in [-0.39, 0.29) is 11.7 Å². The van der Waals surface area contributed by atoms with Gasteiger partial charge in [0.1, 0.15) is 5.75 Å². The van der Waals surface area contributed by atoms with E-state index in [0.29, 0.717) is 0 Å². The Labute approximate surface area is 120 Å². The Morgan fingerprint density at radius 2 is 1.50 bits per heavy atom. The van der Waals surface area contributed by atoms with Crippen molar-refractivity contribution < 1.29 is 9.53 Å². The van der Waals surface area contributed by atoms with Crippen molar-refractivity contribution in [1.29, 1.82) is 0 Å². The van der Waals surface area contributed by atoms with Crippen LogP contribution in [-0.4, -0.2) is 12.9 Å². The Morgan fingerprint density at radius 1 is 1.00 bits per heavy atom. The van der Waals surface area contributed by atoms with E-state index in [1.165, 1.54) is 0 Å². The van der Waals surface area contributed by atoms with Crippen LogP contribution in [0.25, 0.3) is 11.1 Å². The zero-order valence-corrected chi connectivity index (χ0v) is 12.2. The maximum absolute atomic E-state index is 12.1. The second-order valence-electron chi connectivity index (χ2n) is 4.98. The maximum Gasteiger partial charge on any atom is 0.165 e. The minimum absolute atomic E-state index is 0.0850. The highest BCUT2D eigenvalue weighted by Gasteiger charge is 2.12. The summed E-state index contributed by atoms with van der Waals surface area (Å²) >= 11 is 0. The molecule has 0 bridgehead atoms. The summed E-state index contributed by atoms with van der Waals surface area (Å²) in [5.74, 6) is 1.15. The molecule has 1 unspecified atom stereocenters.